The first-order chi connectivity index (χ1) is 8.51. The molecule has 98 valence electrons. The smallest absolute Gasteiger partial charge is 0.149 e. The molecule has 0 fully saturated rings. The zero-order valence-electron chi connectivity index (χ0n) is 11.1. The number of ketones is 1. The molecule has 1 aliphatic carbocycles. The summed E-state index contributed by atoms with van der Waals surface area (Å²) in [5.41, 5.74) is 7.53. The van der Waals surface area contributed by atoms with Crippen molar-refractivity contribution in [1.29, 1.82) is 0 Å². The van der Waals surface area contributed by atoms with Gasteiger partial charge in [-0.2, -0.15) is 0 Å². The van der Waals surface area contributed by atoms with Gasteiger partial charge in [0.15, 0.2) is 0 Å². The zero-order valence-corrected chi connectivity index (χ0v) is 11.1. The number of hydrogen-bond acceptors (Lipinski definition) is 4. The number of carbonyl (C=O) groups excluding carboxylic acids is 1. The Labute approximate surface area is 107 Å². The third kappa shape index (κ3) is 1.97. The molecule has 0 bridgehead atoms. The van der Waals surface area contributed by atoms with Gasteiger partial charge in [-0.05, 0) is 31.9 Å². The highest BCUT2D eigenvalue weighted by Crippen LogP contribution is 2.38. The maximum atomic E-state index is 11.7. The Morgan fingerprint density at radius 2 is 1.78 bits per heavy atom. The second-order valence-corrected chi connectivity index (χ2v) is 4.82. The largest absolute Gasteiger partial charge is 0.496 e. The van der Waals surface area contributed by atoms with Gasteiger partial charge in [-0.1, -0.05) is 0 Å². The minimum Gasteiger partial charge on any atom is -0.496 e. The number of hydrogen-bond donors (Lipinski definition) is 1. The van der Waals surface area contributed by atoms with Crippen molar-refractivity contribution >= 4 is 5.78 Å². The van der Waals surface area contributed by atoms with Crippen LogP contribution in [0, 0.1) is 0 Å². The first-order valence-corrected chi connectivity index (χ1v) is 6.04. The van der Waals surface area contributed by atoms with Crippen molar-refractivity contribution in [2.24, 2.45) is 5.73 Å². The van der Waals surface area contributed by atoms with Gasteiger partial charge in [0.2, 0.25) is 0 Å². The molecule has 4 nitrogen and oxygen atoms in total. The number of ether oxygens (including phenoxy) is 2. The van der Waals surface area contributed by atoms with E-state index < -0.39 is 5.54 Å². The zero-order chi connectivity index (χ0) is 13.3. The quantitative estimate of drug-likeness (QED) is 0.881. The van der Waals surface area contributed by atoms with Crippen LogP contribution < -0.4 is 15.2 Å². The number of nitrogens with two attached hydrogens (primary N) is 1. The van der Waals surface area contributed by atoms with E-state index in [1.54, 1.807) is 21.1 Å². The normalized spacial score (nSPS) is 22.2. The molecule has 0 unspecified atom stereocenters. The molecule has 0 heterocycles. The molecule has 1 atom stereocenters. The predicted octanol–water partition coefficient (Wildman–Crippen LogP) is 1.48. The summed E-state index contributed by atoms with van der Waals surface area (Å²) in [5.74, 6) is 1.65. The second kappa shape index (κ2) is 4.61. The van der Waals surface area contributed by atoms with Gasteiger partial charge in [-0.15, -0.1) is 0 Å². The van der Waals surface area contributed by atoms with Gasteiger partial charge in [0.25, 0.3) is 0 Å². The Bertz CT molecular complexity index is 484. The number of Topliss-reactive ketones (excluding diaryl/α,β-unsaturated/α-hetero) is 1. The maximum Gasteiger partial charge on any atom is 0.149 e. The first kappa shape index (κ1) is 12.9. The minimum atomic E-state index is -0.771. The summed E-state index contributed by atoms with van der Waals surface area (Å²) in [6, 6.07) is 3.76. The van der Waals surface area contributed by atoms with Crippen molar-refractivity contribution in [3.63, 3.8) is 0 Å². The predicted molar refractivity (Wildman–Crippen MR) is 69.2 cm³/mol. The van der Waals surface area contributed by atoms with E-state index in [0.717, 1.165) is 29.0 Å². The van der Waals surface area contributed by atoms with Crippen molar-refractivity contribution < 1.29 is 14.3 Å². The third-order valence-electron chi connectivity index (χ3n) is 3.80. The van der Waals surface area contributed by atoms with E-state index in [9.17, 15) is 4.79 Å². The van der Waals surface area contributed by atoms with Crippen LogP contribution in [0.2, 0.25) is 0 Å². The lowest BCUT2D eigenvalue weighted by atomic mass is 9.76. The third-order valence-corrected chi connectivity index (χ3v) is 3.80. The number of rotatable bonds is 3. The van der Waals surface area contributed by atoms with E-state index in [1.807, 2.05) is 12.1 Å². The number of fused-ring (bicyclic) bond motifs is 1. The molecule has 0 saturated heterocycles. The van der Waals surface area contributed by atoms with Gasteiger partial charge >= 0.3 is 0 Å². The molecule has 0 spiro atoms. The van der Waals surface area contributed by atoms with Gasteiger partial charge in [0.1, 0.15) is 17.3 Å². The van der Waals surface area contributed by atoms with E-state index in [1.165, 1.54) is 0 Å². The highest BCUT2D eigenvalue weighted by atomic mass is 16.5. The van der Waals surface area contributed by atoms with Crippen LogP contribution in [0.25, 0.3) is 0 Å². The lowest BCUT2D eigenvalue weighted by Gasteiger charge is -2.33. The van der Waals surface area contributed by atoms with Crippen LogP contribution in [0.5, 0.6) is 11.5 Å². The Kier molecular flexibility index (Phi) is 3.30. The summed E-state index contributed by atoms with van der Waals surface area (Å²) in [5, 5.41) is 0. The fraction of sp³-hybridized carbons (Fsp3) is 0.500. The van der Waals surface area contributed by atoms with Gasteiger partial charge in [0.05, 0.1) is 19.8 Å². The number of benzene rings is 1. The van der Waals surface area contributed by atoms with E-state index in [0.29, 0.717) is 12.8 Å². The fourth-order valence-corrected chi connectivity index (χ4v) is 2.55. The van der Waals surface area contributed by atoms with Gasteiger partial charge < -0.3 is 15.2 Å². The van der Waals surface area contributed by atoms with Crippen molar-refractivity contribution in [3.8, 4) is 11.5 Å². The molecule has 2 rings (SSSR count). The summed E-state index contributed by atoms with van der Waals surface area (Å²) < 4.78 is 10.7. The standard InChI is InChI=1S/C14H19NO3/c1-9(16)14(15)7-6-10-11(8-14)13(18-3)5-4-12(10)17-2/h4-5H,6-8,15H2,1-3H3/t14-/m0/s1. The summed E-state index contributed by atoms with van der Waals surface area (Å²) in [6.07, 6.45) is 1.91. The average molecular weight is 249 g/mol. The SMILES string of the molecule is COc1ccc(OC)c2c1CC[C@@](N)(C(C)=O)C2. The van der Waals surface area contributed by atoms with E-state index in [-0.39, 0.29) is 5.78 Å². The molecular formula is C14H19NO3. The molecule has 0 radical (unpaired) electrons. The first-order valence-electron chi connectivity index (χ1n) is 6.04. The molecule has 1 aromatic carbocycles. The maximum absolute atomic E-state index is 11.7. The van der Waals surface area contributed by atoms with Crippen LogP contribution in [0.4, 0.5) is 0 Å². The Morgan fingerprint density at radius 3 is 2.28 bits per heavy atom. The van der Waals surface area contributed by atoms with E-state index in [4.69, 9.17) is 15.2 Å². The summed E-state index contributed by atoms with van der Waals surface area (Å²) in [6.45, 7) is 1.55. The molecule has 0 aliphatic heterocycles. The highest BCUT2D eigenvalue weighted by Gasteiger charge is 2.37. The molecule has 18 heavy (non-hydrogen) atoms. The minimum absolute atomic E-state index is 0.0259. The molecule has 1 aromatic rings. The van der Waals surface area contributed by atoms with Gasteiger partial charge in [-0.3, -0.25) is 4.79 Å². The molecular weight excluding hydrogens is 230 g/mol. The van der Waals surface area contributed by atoms with Crippen molar-refractivity contribution in [2.45, 2.75) is 31.7 Å². The Morgan fingerprint density at radius 1 is 1.22 bits per heavy atom. The van der Waals surface area contributed by atoms with Crippen LogP contribution in [0.15, 0.2) is 12.1 Å². The summed E-state index contributed by atoms with van der Waals surface area (Å²) in [4.78, 5) is 11.7. The average Bonchev–Trinajstić information content (AvgIpc) is 2.37. The van der Waals surface area contributed by atoms with Gasteiger partial charge in [-0.25, -0.2) is 0 Å². The second-order valence-electron chi connectivity index (χ2n) is 4.82. The molecule has 4 heteroatoms. The lowest BCUT2D eigenvalue weighted by molar-refractivity contribution is -0.122. The van der Waals surface area contributed by atoms with Crippen molar-refractivity contribution in [2.75, 3.05) is 14.2 Å². The molecule has 0 aromatic heterocycles. The number of methoxy groups -OCH3 is 2. The highest BCUT2D eigenvalue weighted by molar-refractivity contribution is 5.87. The van der Waals surface area contributed by atoms with Crippen LogP contribution in [-0.2, 0) is 17.6 Å². The molecule has 0 amide bonds. The number of carbonyl (C=O) groups is 1. The van der Waals surface area contributed by atoms with Crippen LogP contribution in [0.1, 0.15) is 24.5 Å². The van der Waals surface area contributed by atoms with Crippen molar-refractivity contribution in [3.05, 3.63) is 23.3 Å². The fourth-order valence-electron chi connectivity index (χ4n) is 2.55. The molecule has 0 saturated carbocycles. The van der Waals surface area contributed by atoms with Crippen LogP contribution >= 0.6 is 0 Å². The van der Waals surface area contributed by atoms with Gasteiger partial charge in [0, 0.05) is 17.5 Å². The molecule has 2 N–H and O–H groups in total. The monoisotopic (exact) mass is 249 g/mol. The van der Waals surface area contributed by atoms with Crippen LogP contribution in [-0.4, -0.2) is 25.5 Å². The summed E-state index contributed by atoms with van der Waals surface area (Å²) >= 11 is 0. The van der Waals surface area contributed by atoms with E-state index >= 15 is 0 Å². The molecule has 1 aliphatic rings. The lowest BCUT2D eigenvalue weighted by Crippen LogP contribution is -2.51. The Balaban J connectivity index is 2.50. The topological polar surface area (TPSA) is 61.6 Å². The van der Waals surface area contributed by atoms with Crippen molar-refractivity contribution in [1.82, 2.24) is 0 Å². The Hall–Kier alpha value is -1.55. The summed E-state index contributed by atoms with van der Waals surface area (Å²) in [7, 11) is 3.28. The van der Waals surface area contributed by atoms with Crippen LogP contribution in [0.3, 0.4) is 0 Å². The van der Waals surface area contributed by atoms with E-state index in [2.05, 4.69) is 0 Å².